The van der Waals surface area contributed by atoms with E-state index in [4.69, 9.17) is 38.5 Å². The highest BCUT2D eigenvalue weighted by Gasteiger charge is 2.62. The molecule has 2 aliphatic heterocycles. The summed E-state index contributed by atoms with van der Waals surface area (Å²) in [5.74, 6) is -1.93. The molecule has 5 rings (SSSR count). The van der Waals surface area contributed by atoms with Crippen LogP contribution in [0.25, 0.3) is 5.52 Å². The summed E-state index contributed by atoms with van der Waals surface area (Å²) in [6.45, 7) is 4.11. The fraction of sp³-hybridized carbons (Fsp3) is 0.467. The second-order valence-electron chi connectivity index (χ2n) is 10.9. The van der Waals surface area contributed by atoms with Crippen LogP contribution in [-0.4, -0.2) is 82.3 Å². The van der Waals surface area contributed by atoms with Crippen LogP contribution in [0, 0.1) is 11.3 Å². The lowest BCUT2D eigenvalue weighted by atomic mass is 9.95. The molecule has 256 valence electrons. The van der Waals surface area contributed by atoms with E-state index in [2.05, 4.69) is 15.2 Å². The van der Waals surface area contributed by atoms with Crippen LogP contribution >= 0.6 is 7.75 Å². The fourth-order valence-corrected chi connectivity index (χ4v) is 6.44. The van der Waals surface area contributed by atoms with E-state index >= 15 is 0 Å². The third-order valence-corrected chi connectivity index (χ3v) is 9.13. The summed E-state index contributed by atoms with van der Waals surface area (Å²) in [5.41, 5.74) is 4.46. The maximum absolute atomic E-state index is 14.3. The van der Waals surface area contributed by atoms with Crippen LogP contribution in [0.2, 0.25) is 0 Å². The molecule has 18 heteroatoms. The van der Waals surface area contributed by atoms with E-state index < -0.39 is 68.3 Å². The lowest BCUT2D eigenvalue weighted by Gasteiger charge is -2.31. The first-order chi connectivity index (χ1) is 23.0. The molecule has 0 saturated carbocycles. The van der Waals surface area contributed by atoms with Crippen LogP contribution < -0.4 is 15.3 Å². The number of carbonyl (C=O) groups excluding carboxylic acids is 3. The fourth-order valence-electron chi connectivity index (χ4n) is 4.92. The van der Waals surface area contributed by atoms with Gasteiger partial charge in [-0.3, -0.25) is 18.9 Å². The number of para-hydroxylation sites is 1. The molecule has 3 N–H and O–H groups in total. The molecule has 1 aromatic carbocycles. The highest BCUT2D eigenvalue weighted by Crippen LogP contribution is 2.50. The van der Waals surface area contributed by atoms with Gasteiger partial charge in [-0.1, -0.05) is 32.0 Å². The van der Waals surface area contributed by atoms with Gasteiger partial charge in [0.1, 0.15) is 48.5 Å². The number of fused-ring (bicyclic) bond motifs is 1. The number of nitriles is 1. The van der Waals surface area contributed by atoms with Gasteiger partial charge in [0.05, 0.1) is 18.9 Å². The molecule has 2 saturated heterocycles. The average molecular weight is 687 g/mol. The van der Waals surface area contributed by atoms with Gasteiger partial charge in [-0.05, 0) is 31.2 Å². The minimum Gasteiger partial charge on any atom is -0.456 e. The zero-order valence-electron chi connectivity index (χ0n) is 26.3. The van der Waals surface area contributed by atoms with E-state index in [0.717, 1.165) is 0 Å². The number of aromatic nitrogens is 3. The normalized spacial score (nSPS) is 24.1. The summed E-state index contributed by atoms with van der Waals surface area (Å²) in [5, 5.41) is 17.4. The topological polar surface area (TPSA) is 225 Å². The van der Waals surface area contributed by atoms with Gasteiger partial charge in [0.2, 0.25) is 5.60 Å². The molecule has 17 nitrogen and oxygen atoms in total. The van der Waals surface area contributed by atoms with Gasteiger partial charge in [0.25, 0.3) is 0 Å². The Balaban J connectivity index is 1.51. The molecule has 2 aliphatic rings. The summed E-state index contributed by atoms with van der Waals surface area (Å²) in [6, 6.07) is 11.9. The predicted octanol–water partition coefficient (Wildman–Crippen LogP) is 2.41. The Kier molecular flexibility index (Phi) is 10.6. The van der Waals surface area contributed by atoms with E-state index in [-0.39, 0.29) is 43.3 Å². The van der Waals surface area contributed by atoms with Crippen LogP contribution in [0.5, 0.6) is 5.75 Å². The number of carbonyl (C=O) groups is 3. The Morgan fingerprint density at radius 3 is 2.48 bits per heavy atom. The van der Waals surface area contributed by atoms with Gasteiger partial charge < -0.3 is 33.9 Å². The van der Waals surface area contributed by atoms with Crippen molar-refractivity contribution in [3.63, 3.8) is 0 Å². The summed E-state index contributed by atoms with van der Waals surface area (Å²) >= 11 is 0. The van der Waals surface area contributed by atoms with E-state index in [1.54, 1.807) is 37.3 Å². The molecule has 0 bridgehead atoms. The van der Waals surface area contributed by atoms with Gasteiger partial charge in [-0.15, -0.1) is 0 Å². The van der Waals surface area contributed by atoms with Crippen LogP contribution in [0.3, 0.4) is 0 Å². The number of rotatable bonds is 14. The number of esters is 3. The van der Waals surface area contributed by atoms with E-state index in [1.165, 1.54) is 36.8 Å². The zero-order chi connectivity index (χ0) is 34.5. The summed E-state index contributed by atoms with van der Waals surface area (Å²) in [6.07, 6.45) is -3.66. The minimum absolute atomic E-state index is 0.0528. The molecule has 2 unspecified atom stereocenters. The molecule has 0 spiro atoms. The van der Waals surface area contributed by atoms with Gasteiger partial charge in [-0.25, -0.2) is 14.1 Å². The number of nitrogens with zero attached hydrogens (tertiary/aromatic N) is 4. The van der Waals surface area contributed by atoms with Crippen molar-refractivity contribution in [3.8, 4) is 11.8 Å². The first-order valence-electron chi connectivity index (χ1n) is 15.1. The van der Waals surface area contributed by atoms with Crippen LogP contribution in [0.1, 0.15) is 45.4 Å². The second kappa shape index (κ2) is 14.7. The van der Waals surface area contributed by atoms with Gasteiger partial charge in [0, 0.05) is 12.8 Å². The number of ether oxygens (including phenoxy) is 5. The van der Waals surface area contributed by atoms with Crippen molar-refractivity contribution in [1.29, 1.82) is 5.26 Å². The lowest BCUT2D eigenvalue weighted by molar-refractivity contribution is -0.173. The molecule has 0 amide bonds. The van der Waals surface area contributed by atoms with Crippen molar-refractivity contribution in [1.82, 2.24) is 19.7 Å². The third kappa shape index (κ3) is 7.43. The molecule has 6 atom stereocenters. The molecule has 0 radical (unpaired) electrons. The summed E-state index contributed by atoms with van der Waals surface area (Å²) in [4.78, 5) is 42.2. The van der Waals surface area contributed by atoms with Crippen molar-refractivity contribution < 1.29 is 51.7 Å². The van der Waals surface area contributed by atoms with Crippen molar-refractivity contribution in [2.75, 3.05) is 25.6 Å². The maximum Gasteiger partial charge on any atom is 0.459 e. The Morgan fingerprint density at radius 2 is 1.83 bits per heavy atom. The minimum atomic E-state index is -4.54. The standard InChI is InChI=1S/C30H35N6O11P/c1-4-23(37)44-26-25(21-11-12-22-28(32)33-17-34-36(21)22)46-30(15-31,27(26)45-24(38)5-2)16-42-48(40,47-19-9-7-6-8-10-19)35-18(3)29(39)43-20-13-41-14-20/h6-12,17-18,20,25-27H,4-5,13-14,16H2,1-3H3,(H,35,40)(H2,32,33,34)/t18?,25-,26-,27-,30+,48?/m0/s1. The quantitative estimate of drug-likeness (QED) is 0.141. The van der Waals surface area contributed by atoms with E-state index in [9.17, 15) is 24.2 Å². The first-order valence-corrected chi connectivity index (χ1v) is 16.7. The van der Waals surface area contributed by atoms with Gasteiger partial charge in [0.15, 0.2) is 18.0 Å². The second-order valence-corrected chi connectivity index (χ2v) is 12.6. The van der Waals surface area contributed by atoms with Crippen molar-refractivity contribution in [3.05, 3.63) is 54.5 Å². The Bertz CT molecular complexity index is 1730. The molecular formula is C30H35N6O11P. The highest BCUT2D eigenvalue weighted by molar-refractivity contribution is 7.52. The monoisotopic (exact) mass is 686 g/mol. The van der Waals surface area contributed by atoms with Gasteiger partial charge in [-0.2, -0.15) is 15.4 Å². The van der Waals surface area contributed by atoms with E-state index in [1.807, 2.05) is 6.07 Å². The number of nitrogens with one attached hydrogen (secondary N) is 1. The largest absolute Gasteiger partial charge is 0.459 e. The van der Waals surface area contributed by atoms with Crippen molar-refractivity contribution in [2.45, 2.75) is 69.7 Å². The molecule has 3 aromatic rings. The number of hydrogen-bond donors (Lipinski definition) is 2. The van der Waals surface area contributed by atoms with Crippen LogP contribution in [-0.2, 0) is 47.2 Å². The average Bonchev–Trinajstić information content (AvgIpc) is 3.62. The molecule has 2 aromatic heterocycles. The lowest BCUT2D eigenvalue weighted by Crippen LogP contribution is -2.50. The maximum atomic E-state index is 14.3. The molecule has 48 heavy (non-hydrogen) atoms. The number of nitrogen functional groups attached to an aromatic ring is 1. The zero-order valence-corrected chi connectivity index (χ0v) is 27.2. The molecule has 2 fully saturated rings. The van der Waals surface area contributed by atoms with Crippen LogP contribution in [0.4, 0.5) is 5.82 Å². The Labute approximate surface area is 275 Å². The van der Waals surface area contributed by atoms with Crippen molar-refractivity contribution in [2.24, 2.45) is 0 Å². The smallest absolute Gasteiger partial charge is 0.456 e. The number of hydrogen-bond acceptors (Lipinski definition) is 15. The summed E-state index contributed by atoms with van der Waals surface area (Å²) in [7, 11) is -4.54. The molecular weight excluding hydrogens is 651 g/mol. The first kappa shape index (κ1) is 34.7. The number of benzene rings is 1. The van der Waals surface area contributed by atoms with Crippen molar-refractivity contribution >= 4 is 37.0 Å². The number of nitrogens with two attached hydrogens (primary N) is 1. The predicted molar refractivity (Wildman–Crippen MR) is 164 cm³/mol. The van der Waals surface area contributed by atoms with Gasteiger partial charge >= 0.3 is 25.7 Å². The van der Waals surface area contributed by atoms with E-state index in [0.29, 0.717) is 5.52 Å². The SMILES string of the molecule is CCC(=O)O[C@H]1[C@H](c2ccc3c(N)ncnn23)O[C@](C#N)(COP(=O)(NC(C)C(=O)OC2COC2)Oc2ccccc2)[C@H]1OC(=O)CC. The number of anilines is 1. The highest BCUT2D eigenvalue weighted by atomic mass is 31.2. The molecule has 4 heterocycles. The Morgan fingerprint density at radius 1 is 1.12 bits per heavy atom. The third-order valence-electron chi connectivity index (χ3n) is 7.50. The van der Waals surface area contributed by atoms with Crippen LogP contribution in [0.15, 0.2) is 48.8 Å². The Hall–Kier alpha value is -4.59. The summed E-state index contributed by atoms with van der Waals surface area (Å²) < 4.78 is 55.4. The molecule has 0 aliphatic carbocycles.